The molecule has 0 unspecified atom stereocenters. The molecule has 0 N–H and O–H groups in total. The highest BCUT2D eigenvalue weighted by Gasteiger charge is 1.97. The van der Waals surface area contributed by atoms with Crippen molar-refractivity contribution in [2.45, 2.75) is 13.3 Å². The van der Waals surface area contributed by atoms with Crippen LogP contribution in [0.2, 0.25) is 0 Å². The molecule has 1 aromatic rings. The van der Waals surface area contributed by atoms with E-state index in [4.69, 9.17) is 6.42 Å². The molecule has 0 atom stereocenters. The number of terminal acetylenes is 1. The van der Waals surface area contributed by atoms with Gasteiger partial charge in [0.15, 0.2) is 0 Å². The lowest BCUT2D eigenvalue weighted by Crippen LogP contribution is -2.17. The second-order valence-electron chi connectivity index (χ2n) is 3.21. The third-order valence-electron chi connectivity index (χ3n) is 2.07. The van der Waals surface area contributed by atoms with Gasteiger partial charge in [-0.25, -0.2) is 0 Å². The average Bonchev–Trinajstić information content (AvgIpc) is 2.15. The first-order valence-electron chi connectivity index (χ1n) is 4.45. The van der Waals surface area contributed by atoms with Crippen molar-refractivity contribution in [3.05, 3.63) is 29.8 Å². The van der Waals surface area contributed by atoms with Crippen LogP contribution in [0, 0.1) is 19.3 Å². The summed E-state index contributed by atoms with van der Waals surface area (Å²) in [4.78, 5) is 2.17. The monoisotopic (exact) mass is 173 g/mol. The Morgan fingerprint density at radius 1 is 1.31 bits per heavy atom. The molecule has 0 bridgehead atoms. The summed E-state index contributed by atoms with van der Waals surface area (Å²) in [6.07, 6.45) is 6.00. The summed E-state index contributed by atoms with van der Waals surface area (Å²) in [6, 6.07) is 8.46. The van der Waals surface area contributed by atoms with Crippen LogP contribution in [0.25, 0.3) is 0 Å². The van der Waals surface area contributed by atoms with Crippen molar-refractivity contribution in [3.8, 4) is 12.3 Å². The second kappa shape index (κ2) is 4.57. The molecule has 0 saturated heterocycles. The van der Waals surface area contributed by atoms with Crippen LogP contribution < -0.4 is 4.90 Å². The van der Waals surface area contributed by atoms with Crippen LogP contribution in [-0.2, 0) is 0 Å². The molecule has 0 spiro atoms. The van der Waals surface area contributed by atoms with Crippen molar-refractivity contribution in [2.24, 2.45) is 0 Å². The zero-order valence-electron chi connectivity index (χ0n) is 8.25. The minimum atomic E-state index is 0.796. The topological polar surface area (TPSA) is 3.24 Å². The Labute approximate surface area is 80.4 Å². The van der Waals surface area contributed by atoms with Gasteiger partial charge in [0.2, 0.25) is 0 Å². The van der Waals surface area contributed by atoms with Crippen LogP contribution in [0.5, 0.6) is 0 Å². The lowest BCUT2D eigenvalue weighted by atomic mass is 10.2. The van der Waals surface area contributed by atoms with Crippen LogP contribution in [0.4, 0.5) is 5.69 Å². The maximum absolute atomic E-state index is 5.20. The van der Waals surface area contributed by atoms with Crippen molar-refractivity contribution in [3.63, 3.8) is 0 Å². The summed E-state index contributed by atoms with van der Waals surface area (Å²) in [7, 11) is 2.06. The Kier molecular flexibility index (Phi) is 3.40. The van der Waals surface area contributed by atoms with Gasteiger partial charge in [-0.05, 0) is 19.1 Å². The molecular formula is C12H15N. The second-order valence-corrected chi connectivity index (χ2v) is 3.21. The van der Waals surface area contributed by atoms with E-state index < -0.39 is 0 Å². The van der Waals surface area contributed by atoms with Crippen molar-refractivity contribution in [2.75, 3.05) is 18.5 Å². The van der Waals surface area contributed by atoms with Gasteiger partial charge < -0.3 is 4.90 Å². The van der Waals surface area contributed by atoms with Crippen LogP contribution in [0.15, 0.2) is 24.3 Å². The number of anilines is 1. The molecule has 68 valence electrons. The minimum Gasteiger partial charge on any atom is -0.374 e. The zero-order valence-corrected chi connectivity index (χ0v) is 8.25. The lowest BCUT2D eigenvalue weighted by molar-refractivity contribution is 0.913. The van der Waals surface area contributed by atoms with E-state index in [-0.39, 0.29) is 0 Å². The van der Waals surface area contributed by atoms with Crippen molar-refractivity contribution < 1.29 is 0 Å². The van der Waals surface area contributed by atoms with Gasteiger partial charge >= 0.3 is 0 Å². The summed E-state index contributed by atoms with van der Waals surface area (Å²) in [5, 5.41) is 0. The normalized spacial score (nSPS) is 9.31. The number of rotatable bonds is 3. The maximum Gasteiger partial charge on any atom is 0.0364 e. The quantitative estimate of drug-likeness (QED) is 0.635. The fraction of sp³-hybridized carbons (Fsp3) is 0.333. The molecule has 13 heavy (non-hydrogen) atoms. The molecule has 0 aromatic heterocycles. The molecule has 0 radical (unpaired) electrons. The van der Waals surface area contributed by atoms with E-state index in [0.29, 0.717) is 0 Å². The molecule has 0 saturated carbocycles. The fourth-order valence-electron chi connectivity index (χ4n) is 1.16. The zero-order chi connectivity index (χ0) is 9.68. The smallest absolute Gasteiger partial charge is 0.0364 e. The number of benzene rings is 1. The van der Waals surface area contributed by atoms with Crippen molar-refractivity contribution in [1.82, 2.24) is 0 Å². The Morgan fingerprint density at radius 3 is 2.46 bits per heavy atom. The summed E-state index contributed by atoms with van der Waals surface area (Å²) in [5.74, 6) is 2.64. The number of hydrogen-bond donors (Lipinski definition) is 0. The number of nitrogens with zero attached hydrogens (tertiary/aromatic N) is 1. The number of hydrogen-bond acceptors (Lipinski definition) is 1. The van der Waals surface area contributed by atoms with E-state index in [0.717, 1.165) is 13.0 Å². The summed E-state index contributed by atoms with van der Waals surface area (Å²) in [6.45, 7) is 3.00. The summed E-state index contributed by atoms with van der Waals surface area (Å²) in [5.41, 5.74) is 2.51. The van der Waals surface area contributed by atoms with Crippen LogP contribution in [0.3, 0.4) is 0 Å². The van der Waals surface area contributed by atoms with Gasteiger partial charge in [0.25, 0.3) is 0 Å². The summed E-state index contributed by atoms with van der Waals surface area (Å²) < 4.78 is 0. The van der Waals surface area contributed by atoms with Crippen LogP contribution >= 0.6 is 0 Å². The minimum absolute atomic E-state index is 0.796. The van der Waals surface area contributed by atoms with Gasteiger partial charge in [-0.2, -0.15) is 0 Å². The van der Waals surface area contributed by atoms with Crippen molar-refractivity contribution >= 4 is 5.69 Å². The molecule has 0 aliphatic carbocycles. The first-order chi connectivity index (χ1) is 6.24. The van der Waals surface area contributed by atoms with Crippen LogP contribution in [0.1, 0.15) is 12.0 Å². The molecule has 0 fully saturated rings. The predicted molar refractivity (Wildman–Crippen MR) is 57.9 cm³/mol. The van der Waals surface area contributed by atoms with E-state index in [2.05, 4.69) is 49.1 Å². The van der Waals surface area contributed by atoms with Gasteiger partial charge in [0.05, 0.1) is 0 Å². The molecule has 0 amide bonds. The van der Waals surface area contributed by atoms with E-state index in [9.17, 15) is 0 Å². The lowest BCUT2D eigenvalue weighted by Gasteiger charge is -2.17. The van der Waals surface area contributed by atoms with E-state index in [1.165, 1.54) is 11.3 Å². The Balaban J connectivity index is 2.62. The molecular weight excluding hydrogens is 158 g/mol. The highest BCUT2D eigenvalue weighted by atomic mass is 15.1. The standard InChI is InChI=1S/C12H15N/c1-4-5-10-13(3)12-8-6-11(2)7-9-12/h1,6-9H,5,10H2,2-3H3. The fourth-order valence-corrected chi connectivity index (χ4v) is 1.16. The third-order valence-corrected chi connectivity index (χ3v) is 2.07. The first kappa shape index (κ1) is 9.67. The number of aryl methyl sites for hydroxylation is 1. The average molecular weight is 173 g/mol. The van der Waals surface area contributed by atoms with E-state index in [1.807, 2.05) is 0 Å². The molecule has 1 aromatic carbocycles. The van der Waals surface area contributed by atoms with Gasteiger partial charge in [-0.1, -0.05) is 17.7 Å². The van der Waals surface area contributed by atoms with Gasteiger partial charge in [-0.15, -0.1) is 12.3 Å². The highest BCUT2D eigenvalue weighted by molar-refractivity contribution is 5.46. The summed E-state index contributed by atoms with van der Waals surface area (Å²) >= 11 is 0. The molecule has 1 rings (SSSR count). The highest BCUT2D eigenvalue weighted by Crippen LogP contribution is 2.12. The molecule has 1 heteroatoms. The van der Waals surface area contributed by atoms with Crippen LogP contribution in [-0.4, -0.2) is 13.6 Å². The van der Waals surface area contributed by atoms with Gasteiger partial charge in [0.1, 0.15) is 0 Å². The Bertz CT molecular complexity index is 292. The SMILES string of the molecule is C#CCCN(C)c1ccc(C)cc1. The molecule has 0 aliphatic heterocycles. The maximum atomic E-state index is 5.20. The predicted octanol–water partition coefficient (Wildman–Crippen LogP) is 2.45. The first-order valence-corrected chi connectivity index (χ1v) is 4.45. The van der Waals surface area contributed by atoms with Crippen molar-refractivity contribution in [1.29, 1.82) is 0 Å². The Morgan fingerprint density at radius 2 is 1.92 bits per heavy atom. The van der Waals surface area contributed by atoms with Gasteiger partial charge in [0, 0.05) is 25.7 Å². The third kappa shape index (κ3) is 2.83. The largest absolute Gasteiger partial charge is 0.374 e. The van der Waals surface area contributed by atoms with E-state index in [1.54, 1.807) is 0 Å². The van der Waals surface area contributed by atoms with E-state index >= 15 is 0 Å². The molecule has 0 heterocycles. The molecule has 1 nitrogen and oxygen atoms in total. The van der Waals surface area contributed by atoms with Gasteiger partial charge in [-0.3, -0.25) is 0 Å². The Hall–Kier alpha value is -1.42. The molecule has 0 aliphatic rings.